The number of benzene rings is 1. The van der Waals surface area contributed by atoms with Crippen LogP contribution in [0.25, 0.3) is 0 Å². The minimum absolute atomic E-state index is 0. The van der Waals surface area contributed by atoms with E-state index in [4.69, 9.17) is 0 Å². The molecule has 1 rings (SSSR count). The summed E-state index contributed by atoms with van der Waals surface area (Å²) in [6.45, 7) is 0. The molecule has 0 atom stereocenters. The Morgan fingerprint density at radius 1 is 1.23 bits per heavy atom. The molecule has 0 saturated carbocycles. The van der Waals surface area contributed by atoms with Crippen LogP contribution in [-0.4, -0.2) is 13.0 Å². The van der Waals surface area contributed by atoms with Gasteiger partial charge in [0.15, 0.2) is 0 Å². The van der Waals surface area contributed by atoms with Crippen molar-refractivity contribution in [1.82, 2.24) is 0 Å². The number of alkyl halides is 1. The molecule has 0 radical (unpaired) electrons. The van der Waals surface area contributed by atoms with Crippen molar-refractivity contribution in [3.63, 3.8) is 0 Å². The second-order valence-corrected chi connectivity index (χ2v) is 4.37. The van der Waals surface area contributed by atoms with Crippen molar-refractivity contribution in [2.75, 3.05) is 0 Å². The van der Waals surface area contributed by atoms with Gasteiger partial charge in [0.2, 0.25) is 0 Å². The second kappa shape index (κ2) is 5.67. The second-order valence-electron chi connectivity index (χ2n) is 2.23. The van der Waals surface area contributed by atoms with Crippen LogP contribution in [0.4, 0.5) is 0 Å². The molecule has 0 aliphatic rings. The van der Waals surface area contributed by atoms with Gasteiger partial charge in [-0.2, -0.15) is 0 Å². The van der Waals surface area contributed by atoms with Gasteiger partial charge in [-0.1, -0.05) is 34.7 Å². The number of rotatable bonds is 2. The summed E-state index contributed by atoms with van der Waals surface area (Å²) in [7, 11) is -4.28. The van der Waals surface area contributed by atoms with Crippen molar-refractivity contribution in [1.29, 1.82) is 0 Å². The molecule has 0 N–H and O–H groups in total. The van der Waals surface area contributed by atoms with Crippen LogP contribution < -0.4 is 29.6 Å². The molecule has 13 heavy (non-hydrogen) atoms. The average Bonchev–Trinajstić information content (AvgIpc) is 2.03. The van der Waals surface area contributed by atoms with Gasteiger partial charge in [-0.15, -0.1) is 0 Å². The fourth-order valence-electron chi connectivity index (χ4n) is 0.745. The Morgan fingerprint density at radius 2 is 1.69 bits per heavy atom. The standard InChI is InChI=1S/C7H7IO3S.Na/c8-5-6-1-3-7(4-2-6)12(9,10)11;/h1-4H,5H2,(H,9,10,11);/q;+1/p-1. The molecule has 0 spiro atoms. The third kappa shape index (κ3) is 4.26. The van der Waals surface area contributed by atoms with Gasteiger partial charge in [-0.25, -0.2) is 8.42 Å². The molecule has 0 amide bonds. The van der Waals surface area contributed by atoms with E-state index in [9.17, 15) is 13.0 Å². The molecule has 0 aromatic heterocycles. The van der Waals surface area contributed by atoms with Crippen molar-refractivity contribution in [3.05, 3.63) is 29.8 Å². The van der Waals surface area contributed by atoms with Gasteiger partial charge in [0.25, 0.3) is 0 Å². The van der Waals surface area contributed by atoms with E-state index in [1.54, 1.807) is 12.1 Å². The van der Waals surface area contributed by atoms with E-state index in [-0.39, 0.29) is 34.5 Å². The van der Waals surface area contributed by atoms with Gasteiger partial charge in [0.05, 0.1) is 4.90 Å². The van der Waals surface area contributed by atoms with Gasteiger partial charge in [0.1, 0.15) is 10.1 Å². The molecule has 0 saturated heterocycles. The predicted molar refractivity (Wildman–Crippen MR) is 52.1 cm³/mol. The minimum Gasteiger partial charge on any atom is -0.744 e. The van der Waals surface area contributed by atoms with Gasteiger partial charge in [0, 0.05) is 4.43 Å². The summed E-state index contributed by atoms with van der Waals surface area (Å²) in [6.07, 6.45) is 0. The monoisotopic (exact) mass is 320 g/mol. The summed E-state index contributed by atoms with van der Waals surface area (Å²) in [5, 5.41) is 0. The molecule has 0 aliphatic heterocycles. The van der Waals surface area contributed by atoms with Crippen molar-refractivity contribution in [3.8, 4) is 0 Å². The zero-order valence-corrected chi connectivity index (χ0v) is 12.0. The first-order valence-electron chi connectivity index (χ1n) is 3.15. The van der Waals surface area contributed by atoms with Crippen molar-refractivity contribution in [2.45, 2.75) is 9.32 Å². The fraction of sp³-hybridized carbons (Fsp3) is 0.143. The zero-order valence-electron chi connectivity index (χ0n) is 7.03. The molecule has 0 heterocycles. The smallest absolute Gasteiger partial charge is 0.744 e. The fourth-order valence-corrected chi connectivity index (χ4v) is 1.72. The van der Waals surface area contributed by atoms with Crippen molar-refractivity contribution < 1.29 is 42.5 Å². The van der Waals surface area contributed by atoms with Crippen LogP contribution in [-0.2, 0) is 14.5 Å². The largest absolute Gasteiger partial charge is 1.00 e. The van der Waals surface area contributed by atoms with Crippen molar-refractivity contribution in [2.24, 2.45) is 0 Å². The summed E-state index contributed by atoms with van der Waals surface area (Å²) < 4.78 is 32.2. The number of halogens is 1. The summed E-state index contributed by atoms with van der Waals surface area (Å²) in [5.74, 6) is 0. The molecule has 1 aromatic carbocycles. The maximum atomic E-state index is 10.5. The zero-order chi connectivity index (χ0) is 9.19. The normalized spacial score (nSPS) is 10.6. The predicted octanol–water partition coefficient (Wildman–Crippen LogP) is -1.47. The minimum atomic E-state index is -4.28. The third-order valence-corrected chi connectivity index (χ3v) is 3.10. The molecule has 0 bridgehead atoms. The Labute approximate surface area is 113 Å². The molecule has 3 nitrogen and oxygen atoms in total. The average molecular weight is 320 g/mol. The van der Waals surface area contributed by atoms with Gasteiger partial charge in [-0.05, 0) is 17.7 Å². The van der Waals surface area contributed by atoms with E-state index in [0.717, 1.165) is 9.99 Å². The maximum absolute atomic E-state index is 10.5. The van der Waals surface area contributed by atoms with Crippen LogP contribution in [0.3, 0.4) is 0 Å². The Balaban J connectivity index is 0.00000144. The van der Waals surface area contributed by atoms with Crippen LogP contribution in [0.2, 0.25) is 0 Å². The summed E-state index contributed by atoms with van der Waals surface area (Å²) in [4.78, 5) is -0.170. The quantitative estimate of drug-likeness (QED) is 0.289. The molecular formula is C7H6INaO3S. The number of hydrogen-bond donors (Lipinski definition) is 0. The first kappa shape index (κ1) is 13.9. The Morgan fingerprint density at radius 3 is 2.00 bits per heavy atom. The molecule has 0 aliphatic carbocycles. The Hall–Kier alpha value is 0.860. The van der Waals surface area contributed by atoms with E-state index in [1.165, 1.54) is 12.1 Å². The Kier molecular flexibility index (Phi) is 6.05. The Bertz CT molecular complexity index is 360. The van der Waals surface area contributed by atoms with Crippen molar-refractivity contribution >= 4 is 32.7 Å². The van der Waals surface area contributed by atoms with E-state index < -0.39 is 10.1 Å². The van der Waals surface area contributed by atoms with E-state index in [0.29, 0.717) is 0 Å². The van der Waals surface area contributed by atoms with E-state index in [2.05, 4.69) is 22.6 Å². The topological polar surface area (TPSA) is 57.2 Å². The summed E-state index contributed by atoms with van der Waals surface area (Å²) >= 11 is 2.16. The summed E-state index contributed by atoms with van der Waals surface area (Å²) in [6, 6.07) is 5.93. The number of hydrogen-bond acceptors (Lipinski definition) is 3. The summed E-state index contributed by atoms with van der Waals surface area (Å²) in [5.41, 5.74) is 1.00. The molecule has 0 fully saturated rings. The van der Waals surface area contributed by atoms with Crippen LogP contribution >= 0.6 is 22.6 Å². The van der Waals surface area contributed by atoms with Gasteiger partial charge in [-0.3, -0.25) is 0 Å². The van der Waals surface area contributed by atoms with E-state index in [1.807, 2.05) is 0 Å². The first-order chi connectivity index (χ1) is 5.54. The van der Waals surface area contributed by atoms with E-state index >= 15 is 0 Å². The molecular weight excluding hydrogens is 314 g/mol. The van der Waals surface area contributed by atoms with Crippen LogP contribution in [0, 0.1) is 0 Å². The van der Waals surface area contributed by atoms with Crippen LogP contribution in [0.5, 0.6) is 0 Å². The van der Waals surface area contributed by atoms with Gasteiger partial charge >= 0.3 is 29.6 Å². The van der Waals surface area contributed by atoms with Gasteiger partial charge < -0.3 is 4.55 Å². The first-order valence-corrected chi connectivity index (χ1v) is 6.08. The molecule has 0 unspecified atom stereocenters. The third-order valence-electron chi connectivity index (χ3n) is 1.37. The van der Waals surface area contributed by atoms with Crippen LogP contribution in [0.15, 0.2) is 29.2 Å². The maximum Gasteiger partial charge on any atom is 1.00 e. The van der Waals surface area contributed by atoms with Crippen LogP contribution in [0.1, 0.15) is 5.56 Å². The molecule has 1 aromatic rings. The molecule has 6 heteroatoms. The SMILES string of the molecule is O=S(=O)([O-])c1ccc(CI)cc1.[Na+]. The molecule has 66 valence electrons.